The van der Waals surface area contributed by atoms with Gasteiger partial charge >= 0.3 is 6.18 Å². The van der Waals surface area contributed by atoms with E-state index in [0.29, 0.717) is 50.3 Å². The molecular weight excluding hydrogens is 443 g/mol. The van der Waals surface area contributed by atoms with Crippen LogP contribution in [0.4, 0.5) is 18.9 Å². The van der Waals surface area contributed by atoms with E-state index in [1.165, 1.54) is 6.07 Å². The molecule has 0 radical (unpaired) electrons. The number of carbonyl (C=O) groups excluding carboxylic acids is 1. The number of likely N-dealkylation sites (tertiary alicyclic amines) is 1. The van der Waals surface area contributed by atoms with Crippen molar-refractivity contribution in [2.45, 2.75) is 32.9 Å². The fourth-order valence-electron chi connectivity index (χ4n) is 5.49. The molecule has 2 saturated heterocycles. The summed E-state index contributed by atoms with van der Waals surface area (Å²) < 4.78 is 40.4. The highest BCUT2D eigenvalue weighted by Gasteiger charge is 2.48. The summed E-state index contributed by atoms with van der Waals surface area (Å²) in [5, 5.41) is 19.2. The topological polar surface area (TPSA) is 67.6 Å². The Morgan fingerprint density at radius 2 is 1.88 bits per heavy atom. The summed E-state index contributed by atoms with van der Waals surface area (Å²) in [6.07, 6.45) is -3.27. The molecule has 1 N–H and O–H groups in total. The molecule has 1 amide bonds. The Morgan fingerprint density at radius 3 is 2.47 bits per heavy atom. The van der Waals surface area contributed by atoms with Crippen LogP contribution in [0.5, 0.6) is 0 Å². The highest BCUT2D eigenvalue weighted by Crippen LogP contribution is 2.46. The minimum atomic E-state index is -4.62. The highest BCUT2D eigenvalue weighted by molar-refractivity contribution is 5.95. The average Bonchev–Trinajstić information content (AvgIpc) is 3.16. The van der Waals surface area contributed by atoms with Crippen LogP contribution < -0.4 is 4.90 Å². The van der Waals surface area contributed by atoms with Gasteiger partial charge in [-0.25, -0.2) is 0 Å². The summed E-state index contributed by atoms with van der Waals surface area (Å²) in [5.74, 6) is -0.111. The normalized spacial score (nSPS) is 20.0. The van der Waals surface area contributed by atoms with Gasteiger partial charge in [-0.2, -0.15) is 18.4 Å². The van der Waals surface area contributed by atoms with Crippen molar-refractivity contribution in [2.75, 3.05) is 37.7 Å². The van der Waals surface area contributed by atoms with Crippen LogP contribution in [-0.2, 0) is 6.18 Å². The van der Waals surface area contributed by atoms with Crippen molar-refractivity contribution in [3.63, 3.8) is 0 Å². The Balaban J connectivity index is 1.52. The number of aliphatic hydroxyl groups is 1. The van der Waals surface area contributed by atoms with Crippen molar-refractivity contribution in [2.24, 2.45) is 11.3 Å². The number of nitriles is 1. The molecule has 1 spiro atoms. The molecule has 2 aliphatic rings. The number of aryl methyl sites for hydroxylation is 2. The smallest absolute Gasteiger partial charge is 0.396 e. The second-order valence-corrected chi connectivity index (χ2v) is 9.57. The van der Waals surface area contributed by atoms with E-state index in [0.717, 1.165) is 17.2 Å². The second kappa shape index (κ2) is 8.95. The molecule has 0 saturated carbocycles. The Bertz CT molecular complexity index is 1130. The molecule has 0 aromatic heterocycles. The summed E-state index contributed by atoms with van der Waals surface area (Å²) >= 11 is 0. The third-order valence-electron chi connectivity index (χ3n) is 7.49. The summed E-state index contributed by atoms with van der Waals surface area (Å²) in [7, 11) is 0. The summed E-state index contributed by atoms with van der Waals surface area (Å²) in [6, 6.07) is 11.2. The van der Waals surface area contributed by atoms with E-state index in [1.807, 2.05) is 41.8 Å². The number of rotatable bonds is 3. The van der Waals surface area contributed by atoms with Gasteiger partial charge in [0.15, 0.2) is 0 Å². The number of hydrogen-bond donors (Lipinski definition) is 1. The van der Waals surface area contributed by atoms with Crippen LogP contribution >= 0.6 is 0 Å². The molecule has 0 bridgehead atoms. The van der Waals surface area contributed by atoms with Gasteiger partial charge in [-0.15, -0.1) is 0 Å². The lowest BCUT2D eigenvalue weighted by Crippen LogP contribution is -2.47. The third-order valence-corrected chi connectivity index (χ3v) is 7.49. The van der Waals surface area contributed by atoms with Gasteiger partial charge in [-0.05, 0) is 61.9 Å². The Morgan fingerprint density at radius 1 is 1.18 bits per heavy atom. The van der Waals surface area contributed by atoms with Gasteiger partial charge in [0.05, 0.1) is 17.2 Å². The Labute approximate surface area is 197 Å². The molecule has 2 aromatic carbocycles. The van der Waals surface area contributed by atoms with Crippen LogP contribution in [0.1, 0.15) is 45.5 Å². The van der Waals surface area contributed by atoms with Crippen LogP contribution in [-0.4, -0.2) is 48.7 Å². The molecule has 34 heavy (non-hydrogen) atoms. The van der Waals surface area contributed by atoms with Crippen molar-refractivity contribution in [1.82, 2.24) is 4.90 Å². The van der Waals surface area contributed by atoms with E-state index in [2.05, 4.69) is 0 Å². The van der Waals surface area contributed by atoms with E-state index >= 15 is 0 Å². The number of alkyl halides is 3. The van der Waals surface area contributed by atoms with Crippen molar-refractivity contribution in [1.29, 1.82) is 5.26 Å². The Kier molecular flexibility index (Phi) is 6.34. The number of carbonyl (C=O) groups is 1. The lowest BCUT2D eigenvalue weighted by Gasteiger charge is -2.42. The number of aliphatic hydroxyl groups excluding tert-OH is 1. The maximum atomic E-state index is 13.5. The molecule has 2 aromatic rings. The molecule has 2 aliphatic heterocycles. The zero-order valence-corrected chi connectivity index (χ0v) is 19.3. The number of anilines is 1. The molecule has 8 heteroatoms. The number of benzene rings is 2. The SMILES string of the molecule is Cc1ccc(C(=O)N2CCC3(CC2)CN(c2ccc(C#N)c(C(F)(F)F)c2)CC3CO)c(C)c1. The summed E-state index contributed by atoms with van der Waals surface area (Å²) in [4.78, 5) is 16.8. The maximum absolute atomic E-state index is 13.5. The average molecular weight is 472 g/mol. The van der Waals surface area contributed by atoms with Crippen molar-refractivity contribution < 1.29 is 23.1 Å². The van der Waals surface area contributed by atoms with E-state index in [4.69, 9.17) is 5.26 Å². The number of piperidine rings is 1. The molecule has 1 unspecified atom stereocenters. The first-order valence-electron chi connectivity index (χ1n) is 11.4. The zero-order valence-electron chi connectivity index (χ0n) is 19.3. The summed E-state index contributed by atoms with van der Waals surface area (Å²) in [6.45, 7) is 5.87. The van der Waals surface area contributed by atoms with Gasteiger partial charge in [0, 0.05) is 50.0 Å². The van der Waals surface area contributed by atoms with Crippen molar-refractivity contribution >= 4 is 11.6 Å². The first-order valence-corrected chi connectivity index (χ1v) is 11.4. The van der Waals surface area contributed by atoms with Crippen LogP contribution in [0.3, 0.4) is 0 Å². The Hall–Kier alpha value is -3.05. The quantitative estimate of drug-likeness (QED) is 0.714. The van der Waals surface area contributed by atoms with Gasteiger partial charge in [-0.3, -0.25) is 4.79 Å². The molecule has 5 nitrogen and oxygen atoms in total. The van der Waals surface area contributed by atoms with Gasteiger partial charge in [0.25, 0.3) is 5.91 Å². The van der Waals surface area contributed by atoms with E-state index in [9.17, 15) is 23.1 Å². The van der Waals surface area contributed by atoms with Crippen LogP contribution in [0.15, 0.2) is 36.4 Å². The first kappa shape index (κ1) is 24.1. The summed E-state index contributed by atoms with van der Waals surface area (Å²) in [5.41, 5.74) is 1.50. The standard InChI is InChI=1S/C26H28F3N3O2/c1-17-3-6-22(18(2)11-17)24(34)31-9-7-25(8-10-31)16-32(14-20(25)15-33)21-5-4-19(13-30)23(12-21)26(27,28)29/h3-6,11-12,20,33H,7-10,14-16H2,1-2H3. The molecule has 4 rings (SSSR count). The predicted octanol–water partition coefficient (Wildman–Crippen LogP) is 4.55. The first-order chi connectivity index (χ1) is 16.1. The van der Waals surface area contributed by atoms with Crippen molar-refractivity contribution in [3.05, 3.63) is 64.2 Å². The lowest BCUT2D eigenvalue weighted by atomic mass is 9.71. The predicted molar refractivity (Wildman–Crippen MR) is 122 cm³/mol. The van der Waals surface area contributed by atoms with Crippen LogP contribution in [0.25, 0.3) is 0 Å². The number of nitrogens with zero attached hydrogens (tertiary/aromatic N) is 3. The molecule has 180 valence electrons. The third kappa shape index (κ3) is 4.37. The largest absolute Gasteiger partial charge is 0.417 e. The van der Waals surface area contributed by atoms with Crippen LogP contribution in [0, 0.1) is 36.5 Å². The molecule has 2 heterocycles. The molecular formula is C26H28F3N3O2. The van der Waals surface area contributed by atoms with E-state index in [1.54, 1.807) is 12.1 Å². The molecule has 0 aliphatic carbocycles. The van der Waals surface area contributed by atoms with E-state index < -0.39 is 17.3 Å². The maximum Gasteiger partial charge on any atom is 0.417 e. The minimum absolute atomic E-state index is 0.00957. The van der Waals surface area contributed by atoms with Gasteiger partial charge < -0.3 is 14.9 Å². The number of hydrogen-bond acceptors (Lipinski definition) is 4. The van der Waals surface area contributed by atoms with E-state index in [-0.39, 0.29) is 23.8 Å². The number of halogens is 3. The lowest BCUT2D eigenvalue weighted by molar-refractivity contribution is -0.137. The van der Waals surface area contributed by atoms with Gasteiger partial charge in [0.2, 0.25) is 0 Å². The number of amides is 1. The van der Waals surface area contributed by atoms with Crippen LogP contribution in [0.2, 0.25) is 0 Å². The highest BCUT2D eigenvalue weighted by atomic mass is 19.4. The van der Waals surface area contributed by atoms with Gasteiger partial charge in [0.1, 0.15) is 0 Å². The second-order valence-electron chi connectivity index (χ2n) is 9.57. The van der Waals surface area contributed by atoms with Crippen molar-refractivity contribution in [3.8, 4) is 6.07 Å². The zero-order chi connectivity index (χ0) is 24.7. The fourth-order valence-corrected chi connectivity index (χ4v) is 5.49. The fraction of sp³-hybridized carbons (Fsp3) is 0.462. The molecule has 1 atom stereocenters. The molecule has 2 fully saturated rings. The minimum Gasteiger partial charge on any atom is -0.396 e. The van der Waals surface area contributed by atoms with Gasteiger partial charge in [-0.1, -0.05) is 17.7 Å². The monoisotopic (exact) mass is 471 g/mol.